The quantitative estimate of drug-likeness (QED) is 0.332. The van der Waals surface area contributed by atoms with Crippen LogP contribution in [0.4, 0.5) is 0 Å². The molecule has 0 N–H and O–H groups in total. The molecule has 5 nitrogen and oxygen atoms in total. The van der Waals surface area contributed by atoms with Crippen molar-refractivity contribution in [3.8, 4) is 11.1 Å². The number of rotatable bonds is 9. The van der Waals surface area contributed by atoms with Crippen molar-refractivity contribution in [1.29, 1.82) is 0 Å². The molecule has 2 fully saturated rings. The molecule has 1 aliphatic heterocycles. The van der Waals surface area contributed by atoms with Gasteiger partial charge < -0.3 is 4.90 Å². The maximum absolute atomic E-state index is 13.3. The van der Waals surface area contributed by atoms with E-state index in [0.29, 0.717) is 24.0 Å². The standard InChI is InChI=1S/C32H39N3O2/c1-4-23(15-16-31(36)26-7-5-6-8-26)30-17-27(10-9-22(30)2)32(37)35-20-29(21-35)25-13-11-24(12-14-25)28-18-33-34(3)19-28/h9-14,17-19,23,26,29H,4-8,15-16,20-21H2,1-3H3. The summed E-state index contributed by atoms with van der Waals surface area (Å²) in [5.74, 6) is 1.54. The summed E-state index contributed by atoms with van der Waals surface area (Å²) in [4.78, 5) is 27.9. The molecule has 0 spiro atoms. The Labute approximate surface area is 220 Å². The highest BCUT2D eigenvalue weighted by atomic mass is 16.2. The van der Waals surface area contributed by atoms with Crippen molar-refractivity contribution in [2.45, 2.75) is 70.6 Å². The molecule has 1 aromatic heterocycles. The third-order valence-corrected chi connectivity index (χ3v) is 8.60. The topological polar surface area (TPSA) is 55.2 Å². The van der Waals surface area contributed by atoms with Gasteiger partial charge in [0.15, 0.2) is 0 Å². The monoisotopic (exact) mass is 497 g/mol. The average molecular weight is 498 g/mol. The van der Waals surface area contributed by atoms with E-state index in [9.17, 15) is 9.59 Å². The number of carbonyl (C=O) groups is 2. The first-order valence-corrected chi connectivity index (χ1v) is 13.9. The Kier molecular flexibility index (Phi) is 7.59. The van der Waals surface area contributed by atoms with E-state index in [4.69, 9.17) is 0 Å². The fourth-order valence-corrected chi connectivity index (χ4v) is 6.12. The van der Waals surface area contributed by atoms with Gasteiger partial charge in [-0.3, -0.25) is 14.3 Å². The molecule has 0 radical (unpaired) electrons. The predicted molar refractivity (Wildman–Crippen MR) is 148 cm³/mol. The minimum absolute atomic E-state index is 0.112. The first-order valence-electron chi connectivity index (χ1n) is 13.9. The van der Waals surface area contributed by atoms with Crippen molar-refractivity contribution >= 4 is 11.7 Å². The Morgan fingerprint density at radius 2 is 1.76 bits per heavy atom. The van der Waals surface area contributed by atoms with Gasteiger partial charge in [-0.1, -0.05) is 50.1 Å². The van der Waals surface area contributed by atoms with Crippen molar-refractivity contribution in [3.05, 3.63) is 77.1 Å². The number of ketones is 1. The molecule has 2 heterocycles. The highest BCUT2D eigenvalue weighted by molar-refractivity contribution is 5.95. The van der Waals surface area contributed by atoms with Gasteiger partial charge in [0.2, 0.25) is 0 Å². The zero-order valence-corrected chi connectivity index (χ0v) is 22.5. The Bertz CT molecular complexity index is 1250. The third kappa shape index (κ3) is 5.56. The summed E-state index contributed by atoms with van der Waals surface area (Å²) >= 11 is 0. The second-order valence-electron chi connectivity index (χ2n) is 11.1. The van der Waals surface area contributed by atoms with Crippen LogP contribution in [0.2, 0.25) is 0 Å². The molecule has 5 heteroatoms. The van der Waals surface area contributed by atoms with E-state index in [1.807, 2.05) is 35.1 Å². The van der Waals surface area contributed by atoms with Crippen LogP contribution in [0.15, 0.2) is 54.9 Å². The van der Waals surface area contributed by atoms with E-state index in [2.05, 4.69) is 55.3 Å². The molecule has 37 heavy (non-hydrogen) atoms. The fraction of sp³-hybridized carbons (Fsp3) is 0.469. The van der Waals surface area contributed by atoms with Crippen LogP contribution in [0.1, 0.15) is 90.8 Å². The molecular formula is C32H39N3O2. The molecular weight excluding hydrogens is 458 g/mol. The van der Waals surface area contributed by atoms with Gasteiger partial charge in [0, 0.05) is 55.7 Å². The number of aromatic nitrogens is 2. The molecule has 1 amide bonds. The number of hydrogen-bond donors (Lipinski definition) is 0. The van der Waals surface area contributed by atoms with Crippen LogP contribution in [0.25, 0.3) is 11.1 Å². The molecule has 1 saturated carbocycles. The van der Waals surface area contributed by atoms with E-state index in [-0.39, 0.29) is 11.8 Å². The molecule has 1 aliphatic carbocycles. The summed E-state index contributed by atoms with van der Waals surface area (Å²) in [5, 5.41) is 4.26. The smallest absolute Gasteiger partial charge is 0.253 e. The fourth-order valence-electron chi connectivity index (χ4n) is 6.12. The summed E-state index contributed by atoms with van der Waals surface area (Å²) < 4.78 is 1.81. The lowest BCUT2D eigenvalue weighted by atomic mass is 9.85. The van der Waals surface area contributed by atoms with Crippen LogP contribution in [0, 0.1) is 12.8 Å². The molecule has 1 unspecified atom stereocenters. The second-order valence-corrected chi connectivity index (χ2v) is 11.1. The van der Waals surface area contributed by atoms with Crippen LogP contribution in [0.5, 0.6) is 0 Å². The maximum atomic E-state index is 13.3. The molecule has 194 valence electrons. The molecule has 1 saturated heterocycles. The first-order chi connectivity index (χ1) is 17.9. The van der Waals surface area contributed by atoms with Gasteiger partial charge in [0.25, 0.3) is 5.91 Å². The van der Waals surface area contributed by atoms with Gasteiger partial charge in [0.1, 0.15) is 5.78 Å². The van der Waals surface area contributed by atoms with Crippen LogP contribution in [0.3, 0.4) is 0 Å². The van der Waals surface area contributed by atoms with Gasteiger partial charge in [-0.25, -0.2) is 0 Å². The molecule has 1 atom stereocenters. The number of likely N-dealkylation sites (tertiary alicyclic amines) is 1. The van der Waals surface area contributed by atoms with Crippen molar-refractivity contribution in [3.63, 3.8) is 0 Å². The molecule has 0 bridgehead atoms. The normalized spacial score (nSPS) is 17.1. The van der Waals surface area contributed by atoms with Gasteiger partial charge >= 0.3 is 0 Å². The van der Waals surface area contributed by atoms with E-state index in [1.54, 1.807) is 0 Å². The Morgan fingerprint density at radius 3 is 2.41 bits per heavy atom. The number of nitrogens with zero attached hydrogens (tertiary/aromatic N) is 3. The predicted octanol–water partition coefficient (Wildman–Crippen LogP) is 6.67. The third-order valence-electron chi connectivity index (χ3n) is 8.60. The van der Waals surface area contributed by atoms with Crippen molar-refractivity contribution in [2.75, 3.05) is 13.1 Å². The highest BCUT2D eigenvalue weighted by Crippen LogP contribution is 2.34. The van der Waals surface area contributed by atoms with Crippen LogP contribution in [-0.4, -0.2) is 39.5 Å². The molecule has 2 aliphatic rings. The molecule has 5 rings (SSSR count). The minimum Gasteiger partial charge on any atom is -0.337 e. The summed E-state index contributed by atoms with van der Waals surface area (Å²) in [5.41, 5.74) is 6.77. The van der Waals surface area contributed by atoms with E-state index in [0.717, 1.165) is 55.5 Å². The largest absolute Gasteiger partial charge is 0.337 e. The number of benzene rings is 2. The van der Waals surface area contributed by atoms with E-state index < -0.39 is 0 Å². The Morgan fingerprint density at radius 1 is 1.03 bits per heavy atom. The number of amides is 1. The van der Waals surface area contributed by atoms with E-state index >= 15 is 0 Å². The summed E-state index contributed by atoms with van der Waals surface area (Å²) in [6.45, 7) is 5.82. The van der Waals surface area contributed by atoms with Crippen molar-refractivity contribution < 1.29 is 9.59 Å². The Balaban J connectivity index is 1.20. The summed E-state index contributed by atoms with van der Waals surface area (Å²) in [6, 6.07) is 14.8. The van der Waals surface area contributed by atoms with Gasteiger partial charge in [-0.05, 0) is 72.9 Å². The zero-order chi connectivity index (χ0) is 25.9. The van der Waals surface area contributed by atoms with Crippen molar-refractivity contribution in [2.24, 2.45) is 13.0 Å². The summed E-state index contributed by atoms with van der Waals surface area (Å²) in [6.07, 6.45) is 11.0. The van der Waals surface area contributed by atoms with Crippen LogP contribution < -0.4 is 0 Å². The minimum atomic E-state index is 0.112. The SMILES string of the molecule is CCC(CCC(=O)C1CCCC1)c1cc(C(=O)N2CC(c3ccc(-c4cnn(C)c4)cc3)C2)ccc1C. The zero-order valence-electron chi connectivity index (χ0n) is 22.5. The lowest BCUT2D eigenvalue weighted by molar-refractivity contribution is -0.122. The summed E-state index contributed by atoms with van der Waals surface area (Å²) in [7, 11) is 1.93. The number of aryl methyl sites for hydroxylation is 2. The molecule has 3 aromatic rings. The maximum Gasteiger partial charge on any atom is 0.253 e. The average Bonchev–Trinajstić information content (AvgIpc) is 3.57. The van der Waals surface area contributed by atoms with Gasteiger partial charge in [-0.15, -0.1) is 0 Å². The highest BCUT2D eigenvalue weighted by Gasteiger charge is 2.32. The van der Waals surface area contributed by atoms with Gasteiger partial charge in [0.05, 0.1) is 6.20 Å². The van der Waals surface area contributed by atoms with Gasteiger partial charge in [-0.2, -0.15) is 5.10 Å². The van der Waals surface area contributed by atoms with Crippen LogP contribution >= 0.6 is 0 Å². The van der Waals surface area contributed by atoms with E-state index in [1.165, 1.54) is 29.5 Å². The Hall–Kier alpha value is -3.21. The van der Waals surface area contributed by atoms with Crippen LogP contribution in [-0.2, 0) is 11.8 Å². The van der Waals surface area contributed by atoms with Crippen molar-refractivity contribution in [1.82, 2.24) is 14.7 Å². The number of hydrogen-bond acceptors (Lipinski definition) is 3. The lowest BCUT2D eigenvalue weighted by Gasteiger charge is -2.40. The number of Topliss-reactive ketones (excluding diaryl/α,β-unsaturated/α-hetero) is 1. The number of carbonyl (C=O) groups excluding carboxylic acids is 2. The lowest BCUT2D eigenvalue weighted by Crippen LogP contribution is -2.48. The second kappa shape index (κ2) is 11.0. The first kappa shape index (κ1) is 25.4. The molecule has 2 aromatic carbocycles.